The summed E-state index contributed by atoms with van der Waals surface area (Å²) in [7, 11) is 0. The van der Waals surface area contributed by atoms with Crippen molar-refractivity contribution in [2.24, 2.45) is 0 Å². The molecule has 124 valence electrons. The molecule has 0 spiro atoms. The lowest BCUT2D eigenvalue weighted by Gasteiger charge is -2.14. The van der Waals surface area contributed by atoms with E-state index in [-0.39, 0.29) is 0 Å². The summed E-state index contributed by atoms with van der Waals surface area (Å²) in [5.41, 5.74) is 1.66. The topological polar surface area (TPSA) is 72.9 Å². The van der Waals surface area contributed by atoms with E-state index in [1.165, 1.54) is 0 Å². The maximum absolute atomic E-state index is 6.37. The number of rotatable bonds is 6. The highest BCUT2D eigenvalue weighted by Gasteiger charge is 2.15. The molecular weight excluding hydrogens is 351 g/mol. The molecule has 6 nitrogen and oxygen atoms in total. The first-order valence-electron chi connectivity index (χ1n) is 7.24. The van der Waals surface area contributed by atoms with E-state index in [0.29, 0.717) is 46.1 Å². The van der Waals surface area contributed by atoms with Crippen LogP contribution in [-0.2, 0) is 6.61 Å². The molecule has 0 aliphatic heterocycles. The Morgan fingerprint density at radius 2 is 1.88 bits per heavy atom. The fraction of sp³-hybridized carbons (Fsp3) is 0.188. The highest BCUT2D eigenvalue weighted by atomic mass is 35.5. The molecule has 3 aromatic rings. The van der Waals surface area contributed by atoms with Gasteiger partial charge in [0.15, 0.2) is 11.5 Å². The summed E-state index contributed by atoms with van der Waals surface area (Å²) >= 11 is 12.3. The van der Waals surface area contributed by atoms with Crippen LogP contribution in [0.1, 0.15) is 12.5 Å². The number of tetrazole rings is 1. The lowest BCUT2D eigenvalue weighted by molar-refractivity contribution is 0.269. The van der Waals surface area contributed by atoms with E-state index in [1.807, 2.05) is 31.2 Å². The van der Waals surface area contributed by atoms with Crippen molar-refractivity contribution < 1.29 is 9.47 Å². The van der Waals surface area contributed by atoms with Gasteiger partial charge in [-0.25, -0.2) is 0 Å². The van der Waals surface area contributed by atoms with E-state index in [2.05, 4.69) is 20.6 Å². The fourth-order valence-electron chi connectivity index (χ4n) is 2.12. The Kier molecular flexibility index (Phi) is 5.17. The largest absolute Gasteiger partial charge is 0.490 e. The molecule has 0 saturated heterocycles. The summed E-state index contributed by atoms with van der Waals surface area (Å²) in [4.78, 5) is 0. The van der Waals surface area contributed by atoms with Crippen molar-refractivity contribution in [3.05, 3.63) is 52.0 Å². The van der Waals surface area contributed by atoms with Crippen LogP contribution in [0.4, 0.5) is 0 Å². The molecule has 1 aromatic heterocycles. The molecule has 0 atom stereocenters. The van der Waals surface area contributed by atoms with Crippen molar-refractivity contribution in [3.63, 3.8) is 0 Å². The van der Waals surface area contributed by atoms with Gasteiger partial charge in [0.25, 0.3) is 0 Å². The summed E-state index contributed by atoms with van der Waals surface area (Å²) < 4.78 is 11.5. The highest BCUT2D eigenvalue weighted by molar-refractivity contribution is 6.32. The maximum atomic E-state index is 6.37. The van der Waals surface area contributed by atoms with Crippen LogP contribution in [0.25, 0.3) is 11.4 Å². The smallest absolute Gasteiger partial charge is 0.204 e. The molecule has 1 heterocycles. The first kappa shape index (κ1) is 16.5. The lowest BCUT2D eigenvalue weighted by Crippen LogP contribution is -2.01. The molecule has 0 unspecified atom stereocenters. The third-order valence-electron chi connectivity index (χ3n) is 3.21. The molecule has 8 heteroatoms. The Balaban J connectivity index is 1.87. The molecular formula is C16H14Cl2N4O2. The van der Waals surface area contributed by atoms with Crippen LogP contribution in [-0.4, -0.2) is 27.2 Å². The molecule has 0 fully saturated rings. The van der Waals surface area contributed by atoms with Crippen LogP contribution < -0.4 is 9.47 Å². The minimum Gasteiger partial charge on any atom is -0.490 e. The standard InChI is InChI=1S/C16H14Cl2N4O2/c1-2-23-14-8-11(16-19-21-22-20-16)7-13(18)15(14)24-9-10-3-5-12(17)6-4-10/h3-8H,2,9H2,1H3,(H,19,20,21,22). The van der Waals surface area contributed by atoms with Crippen molar-refractivity contribution in [1.29, 1.82) is 0 Å². The third-order valence-corrected chi connectivity index (χ3v) is 3.74. The van der Waals surface area contributed by atoms with E-state index in [0.717, 1.165) is 5.56 Å². The van der Waals surface area contributed by atoms with Gasteiger partial charge in [-0.2, -0.15) is 5.21 Å². The number of H-pyrrole nitrogens is 1. The zero-order valence-corrected chi connectivity index (χ0v) is 14.3. The maximum Gasteiger partial charge on any atom is 0.204 e. The molecule has 0 bridgehead atoms. The van der Waals surface area contributed by atoms with Crippen molar-refractivity contribution in [2.75, 3.05) is 6.61 Å². The fourth-order valence-corrected chi connectivity index (χ4v) is 2.51. The molecule has 0 amide bonds. The van der Waals surface area contributed by atoms with E-state index in [9.17, 15) is 0 Å². The summed E-state index contributed by atoms with van der Waals surface area (Å²) in [6, 6.07) is 10.9. The monoisotopic (exact) mass is 364 g/mol. The number of nitrogens with zero attached hydrogens (tertiary/aromatic N) is 3. The average molecular weight is 365 g/mol. The average Bonchev–Trinajstić information content (AvgIpc) is 3.10. The van der Waals surface area contributed by atoms with E-state index >= 15 is 0 Å². The number of ether oxygens (including phenoxy) is 2. The van der Waals surface area contributed by atoms with E-state index in [1.54, 1.807) is 12.1 Å². The molecule has 1 N–H and O–H groups in total. The van der Waals surface area contributed by atoms with Gasteiger partial charge in [-0.1, -0.05) is 35.3 Å². The second-order valence-corrected chi connectivity index (χ2v) is 5.71. The van der Waals surface area contributed by atoms with Crippen molar-refractivity contribution in [1.82, 2.24) is 20.6 Å². The number of hydrogen-bond acceptors (Lipinski definition) is 5. The Labute approximate surface area is 148 Å². The lowest BCUT2D eigenvalue weighted by atomic mass is 10.2. The van der Waals surface area contributed by atoms with Crippen molar-refractivity contribution in [2.45, 2.75) is 13.5 Å². The van der Waals surface area contributed by atoms with Crippen LogP contribution in [0.3, 0.4) is 0 Å². The van der Waals surface area contributed by atoms with Gasteiger partial charge < -0.3 is 9.47 Å². The SMILES string of the molecule is CCOc1cc(-c2nn[nH]n2)cc(Cl)c1OCc1ccc(Cl)cc1. The number of hydrogen-bond donors (Lipinski definition) is 1. The van der Waals surface area contributed by atoms with E-state index < -0.39 is 0 Å². The molecule has 0 aliphatic rings. The van der Waals surface area contributed by atoms with Gasteiger partial charge in [-0.05, 0) is 42.0 Å². The van der Waals surface area contributed by atoms with Gasteiger partial charge in [-0.15, -0.1) is 10.2 Å². The summed E-state index contributed by atoms with van der Waals surface area (Å²) in [6.45, 7) is 2.71. The summed E-state index contributed by atoms with van der Waals surface area (Å²) in [6.07, 6.45) is 0. The zero-order valence-electron chi connectivity index (χ0n) is 12.8. The first-order chi connectivity index (χ1) is 11.7. The first-order valence-corrected chi connectivity index (χ1v) is 8.00. The number of aromatic amines is 1. The number of benzene rings is 2. The number of aromatic nitrogens is 4. The van der Waals surface area contributed by atoms with Gasteiger partial charge in [0, 0.05) is 10.6 Å². The number of halogens is 2. The predicted octanol–water partition coefficient (Wildman–Crippen LogP) is 4.15. The molecule has 24 heavy (non-hydrogen) atoms. The van der Waals surface area contributed by atoms with Crippen molar-refractivity contribution >= 4 is 23.2 Å². The molecule has 3 rings (SSSR count). The third kappa shape index (κ3) is 3.77. The minimum absolute atomic E-state index is 0.346. The van der Waals surface area contributed by atoms with Gasteiger partial charge in [0.2, 0.25) is 5.82 Å². The minimum atomic E-state index is 0.346. The molecule has 0 aliphatic carbocycles. The van der Waals surface area contributed by atoms with E-state index in [4.69, 9.17) is 32.7 Å². The zero-order chi connectivity index (χ0) is 16.9. The van der Waals surface area contributed by atoms with Gasteiger partial charge in [0.05, 0.1) is 11.6 Å². The van der Waals surface area contributed by atoms with Crippen molar-refractivity contribution in [3.8, 4) is 22.9 Å². The Morgan fingerprint density at radius 1 is 1.08 bits per heavy atom. The molecule has 0 saturated carbocycles. The highest BCUT2D eigenvalue weighted by Crippen LogP contribution is 2.39. The second kappa shape index (κ2) is 7.51. The van der Waals surface area contributed by atoms with Gasteiger partial charge in [0.1, 0.15) is 6.61 Å². The van der Waals surface area contributed by atoms with Crippen LogP contribution >= 0.6 is 23.2 Å². The Morgan fingerprint density at radius 3 is 2.54 bits per heavy atom. The quantitative estimate of drug-likeness (QED) is 0.710. The summed E-state index contributed by atoms with van der Waals surface area (Å²) in [5, 5.41) is 14.9. The normalized spacial score (nSPS) is 10.6. The Hall–Kier alpha value is -2.31. The van der Waals surface area contributed by atoms with Crippen LogP contribution in [0, 0.1) is 0 Å². The molecule has 0 radical (unpaired) electrons. The summed E-state index contributed by atoms with van der Waals surface area (Å²) in [5.74, 6) is 1.43. The van der Waals surface area contributed by atoms with Crippen LogP contribution in [0.5, 0.6) is 11.5 Å². The van der Waals surface area contributed by atoms with Gasteiger partial charge in [-0.3, -0.25) is 0 Å². The Bertz CT molecular complexity index is 808. The van der Waals surface area contributed by atoms with Crippen LogP contribution in [0.2, 0.25) is 10.0 Å². The van der Waals surface area contributed by atoms with Crippen LogP contribution in [0.15, 0.2) is 36.4 Å². The van der Waals surface area contributed by atoms with Gasteiger partial charge >= 0.3 is 0 Å². The second-order valence-electron chi connectivity index (χ2n) is 4.87. The molecule has 2 aromatic carbocycles. The predicted molar refractivity (Wildman–Crippen MR) is 91.6 cm³/mol. The number of nitrogens with one attached hydrogen (secondary N) is 1.